The van der Waals surface area contributed by atoms with Crippen molar-refractivity contribution in [2.45, 2.75) is 20.8 Å². The molecule has 132 valence electrons. The van der Waals surface area contributed by atoms with Crippen LogP contribution in [0, 0.1) is 20.8 Å². The van der Waals surface area contributed by atoms with Gasteiger partial charge in [-0.05, 0) is 44.5 Å². The maximum Gasteiger partial charge on any atom is 0.271 e. The second kappa shape index (κ2) is 5.87. The van der Waals surface area contributed by atoms with Gasteiger partial charge in [-0.25, -0.2) is 4.68 Å². The first-order chi connectivity index (χ1) is 12.5. The highest BCUT2D eigenvalue weighted by atomic mass is 16.5. The lowest BCUT2D eigenvalue weighted by Gasteiger charge is -2.12. The molecule has 0 aliphatic carbocycles. The number of fused-ring (bicyclic) bond motifs is 1. The fourth-order valence-corrected chi connectivity index (χ4v) is 3.25. The van der Waals surface area contributed by atoms with Crippen molar-refractivity contribution >= 4 is 22.3 Å². The lowest BCUT2D eigenvalue weighted by molar-refractivity contribution is 0.393. The van der Waals surface area contributed by atoms with E-state index in [1.165, 1.54) is 4.68 Å². The van der Waals surface area contributed by atoms with Gasteiger partial charge in [0, 0.05) is 41.0 Å². The third-order valence-electron chi connectivity index (χ3n) is 4.63. The monoisotopic (exact) mass is 349 g/mol. The second-order valence-electron chi connectivity index (χ2n) is 6.40. The number of aromatic amines is 1. The quantitative estimate of drug-likeness (QED) is 0.590. The number of nitrogens with zero attached hydrogens (tertiary/aromatic N) is 3. The summed E-state index contributed by atoms with van der Waals surface area (Å²) in [4.78, 5) is 15.4. The summed E-state index contributed by atoms with van der Waals surface area (Å²) in [5.41, 5.74) is 5.87. The average Bonchev–Trinajstić information content (AvgIpc) is 3.21. The molecule has 3 aromatic heterocycles. The smallest absolute Gasteiger partial charge is 0.271 e. The van der Waals surface area contributed by atoms with Gasteiger partial charge in [0.2, 0.25) is 0 Å². The molecule has 4 rings (SSSR count). The second-order valence-corrected chi connectivity index (χ2v) is 6.40. The molecule has 0 atom stereocenters. The van der Waals surface area contributed by atoms with Crippen LogP contribution in [0.4, 0.5) is 11.4 Å². The van der Waals surface area contributed by atoms with Crippen molar-refractivity contribution < 1.29 is 4.52 Å². The highest BCUT2D eigenvalue weighted by Crippen LogP contribution is 2.36. The van der Waals surface area contributed by atoms with Crippen LogP contribution in [-0.2, 0) is 7.05 Å². The third-order valence-corrected chi connectivity index (χ3v) is 4.63. The van der Waals surface area contributed by atoms with Gasteiger partial charge in [0.1, 0.15) is 5.76 Å². The van der Waals surface area contributed by atoms with Crippen LogP contribution in [0.3, 0.4) is 0 Å². The lowest BCUT2D eigenvalue weighted by Crippen LogP contribution is -2.22. The fraction of sp³-hybridized carbons (Fsp3) is 0.211. The molecular formula is C19H19N5O2. The van der Waals surface area contributed by atoms with Gasteiger partial charge in [-0.3, -0.25) is 4.79 Å². The normalized spacial score (nSPS) is 11.2. The maximum atomic E-state index is 12.1. The molecule has 7 nitrogen and oxygen atoms in total. The molecule has 0 saturated heterocycles. The average molecular weight is 349 g/mol. The highest BCUT2D eigenvalue weighted by molar-refractivity contribution is 5.99. The first-order valence-electron chi connectivity index (χ1n) is 8.30. The van der Waals surface area contributed by atoms with Crippen molar-refractivity contribution in [3.63, 3.8) is 0 Å². The van der Waals surface area contributed by atoms with E-state index in [0.717, 1.165) is 39.2 Å². The molecule has 2 N–H and O–H groups in total. The Morgan fingerprint density at radius 2 is 2.04 bits per heavy atom. The van der Waals surface area contributed by atoms with Crippen LogP contribution in [0.1, 0.15) is 17.0 Å². The topological polar surface area (TPSA) is 88.7 Å². The standard InChI is InChI=1S/C19H19N5O2/c1-10-17(9-21-24(4)19(10)25)22-13-7-15(14-5-6-20-16(14)8-13)18-11(2)23-26-12(18)3/h5-9,20,22H,1-4H3. The van der Waals surface area contributed by atoms with Crippen molar-refractivity contribution in [2.75, 3.05) is 5.32 Å². The summed E-state index contributed by atoms with van der Waals surface area (Å²) in [5.74, 6) is 0.772. The van der Waals surface area contributed by atoms with E-state index in [-0.39, 0.29) is 5.56 Å². The summed E-state index contributed by atoms with van der Waals surface area (Å²) in [7, 11) is 1.64. The fourth-order valence-electron chi connectivity index (χ4n) is 3.25. The van der Waals surface area contributed by atoms with E-state index in [1.54, 1.807) is 20.2 Å². The summed E-state index contributed by atoms with van der Waals surface area (Å²) in [6, 6.07) is 6.08. The predicted octanol–water partition coefficient (Wildman–Crippen LogP) is 3.59. The van der Waals surface area contributed by atoms with Crippen molar-refractivity contribution in [2.24, 2.45) is 7.05 Å². The molecule has 0 unspecified atom stereocenters. The zero-order valence-electron chi connectivity index (χ0n) is 15.0. The number of hydrogen-bond donors (Lipinski definition) is 2. The van der Waals surface area contributed by atoms with Gasteiger partial charge in [-0.15, -0.1) is 0 Å². The van der Waals surface area contributed by atoms with Crippen molar-refractivity contribution in [3.8, 4) is 11.1 Å². The van der Waals surface area contributed by atoms with Gasteiger partial charge < -0.3 is 14.8 Å². The summed E-state index contributed by atoms with van der Waals surface area (Å²) >= 11 is 0. The van der Waals surface area contributed by atoms with Crippen LogP contribution in [0.5, 0.6) is 0 Å². The Bertz CT molecular complexity index is 1160. The molecule has 1 aromatic carbocycles. The van der Waals surface area contributed by atoms with E-state index >= 15 is 0 Å². The molecule has 0 bridgehead atoms. The minimum absolute atomic E-state index is 0.123. The predicted molar refractivity (Wildman–Crippen MR) is 101 cm³/mol. The minimum Gasteiger partial charge on any atom is -0.361 e. The number of nitrogens with one attached hydrogen (secondary N) is 2. The van der Waals surface area contributed by atoms with Crippen molar-refractivity contribution in [3.05, 3.63) is 58.0 Å². The van der Waals surface area contributed by atoms with E-state index in [1.807, 2.05) is 38.2 Å². The molecule has 0 aliphatic heterocycles. The Hall–Kier alpha value is -3.35. The first kappa shape index (κ1) is 16.1. The Balaban J connectivity index is 1.88. The van der Waals surface area contributed by atoms with Gasteiger partial charge in [0.05, 0.1) is 17.6 Å². The van der Waals surface area contributed by atoms with E-state index in [9.17, 15) is 4.79 Å². The van der Waals surface area contributed by atoms with Gasteiger partial charge in [0.15, 0.2) is 0 Å². The van der Waals surface area contributed by atoms with E-state index in [2.05, 4.69) is 20.6 Å². The zero-order chi connectivity index (χ0) is 18.4. The summed E-state index contributed by atoms with van der Waals surface area (Å²) < 4.78 is 6.67. The molecule has 0 spiro atoms. The maximum absolute atomic E-state index is 12.1. The van der Waals surface area contributed by atoms with E-state index in [4.69, 9.17) is 4.52 Å². The van der Waals surface area contributed by atoms with Crippen LogP contribution in [0.2, 0.25) is 0 Å². The number of aryl methyl sites for hydroxylation is 3. The Labute approximate surface area is 149 Å². The summed E-state index contributed by atoms with van der Waals surface area (Å²) in [5, 5.41) is 12.6. The number of anilines is 2. The van der Waals surface area contributed by atoms with Crippen LogP contribution in [0.15, 0.2) is 39.9 Å². The van der Waals surface area contributed by atoms with Crippen LogP contribution in [0.25, 0.3) is 22.0 Å². The third kappa shape index (κ3) is 2.48. The Morgan fingerprint density at radius 3 is 2.77 bits per heavy atom. The molecule has 0 saturated carbocycles. The van der Waals surface area contributed by atoms with Crippen molar-refractivity contribution in [1.29, 1.82) is 0 Å². The molecular weight excluding hydrogens is 330 g/mol. The number of rotatable bonds is 3. The van der Waals surface area contributed by atoms with Gasteiger partial charge in [-0.2, -0.15) is 5.10 Å². The Morgan fingerprint density at radius 1 is 1.23 bits per heavy atom. The molecule has 0 amide bonds. The molecule has 7 heteroatoms. The molecule has 26 heavy (non-hydrogen) atoms. The summed E-state index contributed by atoms with van der Waals surface area (Å²) in [6.07, 6.45) is 3.56. The molecule has 0 aliphatic rings. The number of aromatic nitrogens is 4. The molecule has 0 fully saturated rings. The minimum atomic E-state index is -0.123. The number of hydrogen-bond acceptors (Lipinski definition) is 5. The van der Waals surface area contributed by atoms with E-state index in [0.29, 0.717) is 11.3 Å². The molecule has 0 radical (unpaired) electrons. The molecule has 4 aromatic rings. The number of benzene rings is 1. The zero-order valence-corrected chi connectivity index (χ0v) is 15.0. The van der Waals surface area contributed by atoms with E-state index < -0.39 is 0 Å². The van der Waals surface area contributed by atoms with Crippen LogP contribution < -0.4 is 10.9 Å². The van der Waals surface area contributed by atoms with Gasteiger partial charge in [0.25, 0.3) is 5.56 Å². The van der Waals surface area contributed by atoms with Crippen LogP contribution in [-0.4, -0.2) is 19.9 Å². The largest absolute Gasteiger partial charge is 0.361 e. The number of H-pyrrole nitrogens is 1. The Kier molecular flexibility index (Phi) is 3.64. The molecule has 3 heterocycles. The summed E-state index contributed by atoms with van der Waals surface area (Å²) in [6.45, 7) is 5.62. The van der Waals surface area contributed by atoms with Gasteiger partial charge in [-0.1, -0.05) is 5.16 Å². The van der Waals surface area contributed by atoms with Crippen LogP contribution >= 0.6 is 0 Å². The van der Waals surface area contributed by atoms with Gasteiger partial charge >= 0.3 is 0 Å². The SMILES string of the molecule is Cc1noc(C)c1-c1cc(Nc2cnn(C)c(=O)c2C)cc2[nH]ccc12. The first-order valence-corrected chi connectivity index (χ1v) is 8.30. The highest BCUT2D eigenvalue weighted by Gasteiger charge is 2.16. The lowest BCUT2D eigenvalue weighted by atomic mass is 9.99. The van der Waals surface area contributed by atoms with Crippen molar-refractivity contribution in [1.82, 2.24) is 19.9 Å².